The number of carbonyl (C=O) groups is 1. The zero-order valence-electron chi connectivity index (χ0n) is 27.6. The van der Waals surface area contributed by atoms with Crippen LogP contribution in [0.1, 0.15) is 42.1 Å². The van der Waals surface area contributed by atoms with Gasteiger partial charge in [0.1, 0.15) is 24.7 Å². The van der Waals surface area contributed by atoms with Crippen molar-refractivity contribution in [2.24, 2.45) is 4.99 Å². The Bertz CT molecular complexity index is 2210. The summed E-state index contributed by atoms with van der Waals surface area (Å²) in [6.07, 6.45) is 1.80. The number of benzene rings is 4. The summed E-state index contributed by atoms with van der Waals surface area (Å²) in [5.41, 5.74) is 4.41. The van der Waals surface area contributed by atoms with Crippen molar-refractivity contribution in [2.45, 2.75) is 33.7 Å². The van der Waals surface area contributed by atoms with Crippen LogP contribution in [-0.2, 0) is 4.79 Å². The lowest BCUT2D eigenvalue weighted by Gasteiger charge is -2.24. The molecule has 0 amide bonds. The van der Waals surface area contributed by atoms with Gasteiger partial charge in [0.2, 0.25) is 0 Å². The van der Waals surface area contributed by atoms with Gasteiger partial charge in [-0.25, -0.2) is 9.79 Å². The second kappa shape index (κ2) is 15.1. The molecule has 1 unspecified atom stereocenters. The smallest absolute Gasteiger partial charge is 0.343 e. The molecule has 8 nitrogen and oxygen atoms in total. The van der Waals surface area contributed by atoms with Crippen LogP contribution in [0.4, 0.5) is 0 Å². The minimum atomic E-state index is -0.719. The van der Waals surface area contributed by atoms with E-state index in [1.807, 2.05) is 73.7 Å². The zero-order chi connectivity index (χ0) is 34.5. The number of halogens is 1. The number of allylic oxidation sites excluding steroid dienone is 1. The van der Waals surface area contributed by atoms with Gasteiger partial charge in [-0.3, -0.25) is 9.36 Å². The molecule has 1 aliphatic heterocycles. The number of nitrogens with zero attached hydrogens (tertiary/aromatic N) is 2. The number of para-hydroxylation sites is 1. The molecule has 4 aromatic carbocycles. The maximum Gasteiger partial charge on any atom is 0.343 e. The van der Waals surface area contributed by atoms with Gasteiger partial charge in [0.05, 0.1) is 32.9 Å². The topological polar surface area (TPSA) is 88.4 Å². The van der Waals surface area contributed by atoms with Gasteiger partial charge in [0.15, 0.2) is 16.3 Å². The average Bonchev–Trinajstić information content (AvgIpc) is 3.39. The van der Waals surface area contributed by atoms with Crippen LogP contribution in [0.3, 0.4) is 0 Å². The maximum atomic E-state index is 14.2. The lowest BCUT2D eigenvalue weighted by atomic mass is 9.96. The molecule has 10 heteroatoms. The molecule has 6 rings (SSSR count). The van der Waals surface area contributed by atoms with Crippen LogP contribution in [-0.4, -0.2) is 30.4 Å². The number of thiazole rings is 1. The molecular weight excluding hydrogens is 704 g/mol. The van der Waals surface area contributed by atoms with E-state index < -0.39 is 12.0 Å². The van der Waals surface area contributed by atoms with Crippen LogP contribution in [0.25, 0.3) is 6.08 Å². The first kappa shape index (κ1) is 34.0. The van der Waals surface area contributed by atoms with Crippen molar-refractivity contribution >= 4 is 39.3 Å². The van der Waals surface area contributed by atoms with Gasteiger partial charge in [-0.2, -0.15) is 0 Å². The second-order valence-electron chi connectivity index (χ2n) is 11.4. The van der Waals surface area contributed by atoms with E-state index >= 15 is 0 Å². The molecule has 250 valence electrons. The van der Waals surface area contributed by atoms with Crippen molar-refractivity contribution in [3.63, 3.8) is 0 Å². The summed E-state index contributed by atoms with van der Waals surface area (Å²) in [4.78, 5) is 33.0. The van der Waals surface area contributed by atoms with E-state index in [0.29, 0.717) is 62.1 Å². The standard InChI is InChI=1S/C39H35BrN2O6S/c1-5-45-32-22-27(21-31(40)36(32)47-19-18-46-30-17-16-24(2)25(3)20-30)23-33-37(43)42-35(28-12-8-6-9-13-28)34(26(4)41-39(42)49-33)38(44)48-29-14-10-7-11-15-29/h6-17,20-23,35H,5,18-19H2,1-4H3/b33-23+. The van der Waals surface area contributed by atoms with Crippen molar-refractivity contribution in [3.8, 4) is 23.0 Å². The summed E-state index contributed by atoms with van der Waals surface area (Å²) in [7, 11) is 0. The van der Waals surface area contributed by atoms with Gasteiger partial charge in [-0.05, 0) is 108 Å². The van der Waals surface area contributed by atoms with Crippen molar-refractivity contribution < 1.29 is 23.7 Å². The normalized spacial score (nSPS) is 14.2. The van der Waals surface area contributed by atoms with Crippen molar-refractivity contribution in [1.29, 1.82) is 0 Å². The third-order valence-electron chi connectivity index (χ3n) is 8.02. The van der Waals surface area contributed by atoms with E-state index in [1.165, 1.54) is 22.5 Å². The highest BCUT2D eigenvalue weighted by atomic mass is 79.9. The van der Waals surface area contributed by atoms with Crippen molar-refractivity contribution in [2.75, 3.05) is 19.8 Å². The van der Waals surface area contributed by atoms with Crippen LogP contribution in [0.2, 0.25) is 0 Å². The molecule has 0 bridgehead atoms. The largest absolute Gasteiger partial charge is 0.490 e. The van der Waals surface area contributed by atoms with Crippen LogP contribution < -0.4 is 33.8 Å². The van der Waals surface area contributed by atoms with E-state index in [4.69, 9.17) is 23.9 Å². The quantitative estimate of drug-likeness (QED) is 0.0818. The average molecular weight is 740 g/mol. The Hall–Kier alpha value is -4.93. The Morgan fingerprint density at radius 2 is 1.59 bits per heavy atom. The Balaban J connectivity index is 1.31. The van der Waals surface area contributed by atoms with Gasteiger partial charge < -0.3 is 18.9 Å². The molecular formula is C39H35BrN2O6S. The number of esters is 1. The lowest BCUT2D eigenvalue weighted by molar-refractivity contribution is -0.130. The first-order valence-corrected chi connectivity index (χ1v) is 17.5. The molecule has 5 aromatic rings. The highest BCUT2D eigenvalue weighted by Crippen LogP contribution is 2.37. The minimum Gasteiger partial charge on any atom is -0.490 e. The Morgan fingerprint density at radius 3 is 2.31 bits per heavy atom. The molecule has 0 radical (unpaired) electrons. The Kier molecular flexibility index (Phi) is 10.5. The number of carbonyl (C=O) groups excluding carboxylic acids is 1. The van der Waals surface area contributed by atoms with Crippen LogP contribution in [0, 0.1) is 13.8 Å². The molecule has 0 spiro atoms. The van der Waals surface area contributed by atoms with E-state index in [-0.39, 0.29) is 5.56 Å². The van der Waals surface area contributed by atoms with Gasteiger partial charge >= 0.3 is 5.97 Å². The predicted molar refractivity (Wildman–Crippen MR) is 195 cm³/mol. The summed E-state index contributed by atoms with van der Waals surface area (Å²) < 4.78 is 26.4. The third-order valence-corrected chi connectivity index (χ3v) is 9.59. The van der Waals surface area contributed by atoms with Crippen molar-refractivity contribution in [1.82, 2.24) is 4.57 Å². The van der Waals surface area contributed by atoms with Gasteiger partial charge in [-0.1, -0.05) is 65.9 Å². The number of rotatable bonds is 11. The van der Waals surface area contributed by atoms with Crippen molar-refractivity contribution in [3.05, 3.63) is 149 Å². The number of hydrogen-bond donors (Lipinski definition) is 0. The van der Waals surface area contributed by atoms with Crippen LogP contribution >= 0.6 is 27.3 Å². The molecule has 49 heavy (non-hydrogen) atoms. The number of aromatic nitrogens is 1. The summed E-state index contributed by atoms with van der Waals surface area (Å²) in [5.74, 6) is 1.72. The van der Waals surface area contributed by atoms with E-state index in [1.54, 1.807) is 41.8 Å². The van der Waals surface area contributed by atoms with Gasteiger partial charge in [-0.15, -0.1) is 0 Å². The molecule has 0 fully saturated rings. The molecule has 1 atom stereocenters. The van der Waals surface area contributed by atoms with Crippen LogP contribution in [0.5, 0.6) is 23.0 Å². The Morgan fingerprint density at radius 1 is 0.878 bits per heavy atom. The first-order valence-electron chi connectivity index (χ1n) is 15.9. The number of hydrogen-bond acceptors (Lipinski definition) is 8. The predicted octanol–water partition coefficient (Wildman–Crippen LogP) is 7.08. The molecule has 1 aromatic heterocycles. The molecule has 0 aliphatic carbocycles. The summed E-state index contributed by atoms with van der Waals surface area (Å²) in [5, 5.41) is 0. The summed E-state index contributed by atoms with van der Waals surface area (Å²) in [6, 6.07) is 27.3. The SMILES string of the molecule is CCOc1cc(/C=c2/sc3n(c2=O)C(c2ccccc2)C(C(=O)Oc2ccccc2)=C(C)N=3)cc(Br)c1OCCOc1ccc(C)c(C)c1. The zero-order valence-corrected chi connectivity index (χ0v) is 30.0. The fourth-order valence-corrected chi connectivity index (χ4v) is 7.14. The fraction of sp³-hybridized carbons (Fsp3) is 0.205. The maximum absolute atomic E-state index is 14.2. The van der Waals surface area contributed by atoms with E-state index in [9.17, 15) is 9.59 Å². The second-order valence-corrected chi connectivity index (χ2v) is 13.3. The molecule has 0 saturated heterocycles. The Labute approximate surface area is 296 Å². The fourth-order valence-electron chi connectivity index (χ4n) is 5.52. The molecule has 0 saturated carbocycles. The highest BCUT2D eigenvalue weighted by molar-refractivity contribution is 9.10. The molecule has 0 N–H and O–H groups in total. The number of ether oxygens (including phenoxy) is 4. The monoisotopic (exact) mass is 738 g/mol. The highest BCUT2D eigenvalue weighted by Gasteiger charge is 2.33. The van der Waals surface area contributed by atoms with Crippen LogP contribution in [0.15, 0.2) is 117 Å². The third kappa shape index (κ3) is 7.55. The molecule has 1 aliphatic rings. The van der Waals surface area contributed by atoms with E-state index in [0.717, 1.165) is 16.9 Å². The number of aryl methyl sites for hydroxylation is 2. The van der Waals surface area contributed by atoms with E-state index in [2.05, 4.69) is 29.8 Å². The summed E-state index contributed by atoms with van der Waals surface area (Å²) >= 11 is 4.91. The first-order chi connectivity index (χ1) is 23.7. The van der Waals surface area contributed by atoms with Gasteiger partial charge in [0, 0.05) is 0 Å². The number of fused-ring (bicyclic) bond motifs is 1. The lowest BCUT2D eigenvalue weighted by Crippen LogP contribution is -2.40. The molecule has 2 heterocycles. The summed E-state index contributed by atoms with van der Waals surface area (Å²) in [6.45, 7) is 8.87. The minimum absolute atomic E-state index is 0.270. The van der Waals surface area contributed by atoms with Gasteiger partial charge in [0.25, 0.3) is 5.56 Å².